The van der Waals surface area contributed by atoms with Crippen LogP contribution in [0.1, 0.15) is 23.1 Å². The number of carbonyl (C=O) groups excluding carboxylic acids is 1. The number of nitrogens with zero attached hydrogens (tertiary/aromatic N) is 1. The molecule has 0 bridgehead atoms. The van der Waals surface area contributed by atoms with Crippen LogP contribution < -0.4 is 10.2 Å². The van der Waals surface area contributed by atoms with E-state index in [1.165, 1.54) is 23.9 Å². The summed E-state index contributed by atoms with van der Waals surface area (Å²) in [6, 6.07) is 28.5. The molecule has 0 fully saturated rings. The van der Waals surface area contributed by atoms with E-state index in [9.17, 15) is 22.8 Å². The molecule has 4 aromatic rings. The van der Waals surface area contributed by atoms with Crippen LogP contribution in [0.25, 0.3) is 0 Å². The Hall–Kier alpha value is -4.24. The molecule has 0 radical (unpaired) electrons. The summed E-state index contributed by atoms with van der Waals surface area (Å²) >= 11 is 1.47. The Bertz CT molecular complexity index is 1430. The third-order valence-corrected chi connectivity index (χ3v) is 7.04. The Morgan fingerprint density at radius 3 is 2.15 bits per heavy atom. The average Bonchev–Trinajstić information content (AvgIpc) is 2.92. The predicted molar refractivity (Wildman–Crippen MR) is 151 cm³/mol. The van der Waals surface area contributed by atoms with Crippen molar-refractivity contribution in [3.8, 4) is 0 Å². The van der Waals surface area contributed by atoms with Crippen LogP contribution in [0, 0.1) is 0 Å². The average molecular weight is 565 g/mol. The van der Waals surface area contributed by atoms with E-state index in [0.29, 0.717) is 24.2 Å². The molecule has 0 unspecified atom stereocenters. The van der Waals surface area contributed by atoms with Gasteiger partial charge in [0.2, 0.25) is 0 Å². The lowest BCUT2D eigenvalue weighted by molar-refractivity contribution is -0.138. The van der Waals surface area contributed by atoms with Crippen molar-refractivity contribution in [1.82, 2.24) is 0 Å². The molecule has 2 amide bonds. The van der Waals surface area contributed by atoms with Crippen LogP contribution in [-0.2, 0) is 23.8 Å². The monoisotopic (exact) mass is 564 g/mol. The fourth-order valence-corrected chi connectivity index (χ4v) is 4.94. The molecular weight excluding hydrogens is 537 g/mol. The number of hydrogen-bond acceptors (Lipinski definition) is 3. The zero-order valence-corrected chi connectivity index (χ0v) is 22.2. The minimum atomic E-state index is -4.46. The van der Waals surface area contributed by atoms with Gasteiger partial charge in [-0.05, 0) is 78.6 Å². The molecule has 0 saturated carbocycles. The molecule has 4 aromatic carbocycles. The number of carboxylic acids is 1. The second-order valence-electron chi connectivity index (χ2n) is 9.06. The minimum absolute atomic E-state index is 0.0492. The first-order valence-corrected chi connectivity index (χ1v) is 13.4. The maximum atomic E-state index is 13.4. The summed E-state index contributed by atoms with van der Waals surface area (Å²) < 4.78 is 38.9. The number of halogens is 3. The summed E-state index contributed by atoms with van der Waals surface area (Å²) in [5.41, 5.74) is 1.96. The fourth-order valence-electron chi connectivity index (χ4n) is 4.07. The molecule has 40 heavy (non-hydrogen) atoms. The van der Waals surface area contributed by atoms with Crippen LogP contribution >= 0.6 is 11.8 Å². The van der Waals surface area contributed by atoms with E-state index in [1.807, 2.05) is 66.7 Å². The lowest BCUT2D eigenvalue weighted by Gasteiger charge is -2.24. The number of benzene rings is 4. The largest absolute Gasteiger partial charge is 0.481 e. The van der Waals surface area contributed by atoms with Crippen LogP contribution in [0.4, 0.5) is 29.3 Å². The van der Waals surface area contributed by atoms with E-state index in [0.717, 1.165) is 33.9 Å². The number of nitrogens with one attached hydrogen (secondary N) is 1. The molecule has 5 nitrogen and oxygen atoms in total. The number of carbonyl (C=O) groups is 2. The van der Waals surface area contributed by atoms with E-state index >= 15 is 0 Å². The number of aryl methyl sites for hydroxylation is 1. The molecule has 0 saturated heterocycles. The van der Waals surface area contributed by atoms with Gasteiger partial charge in [0.15, 0.2) is 0 Å². The molecule has 0 aromatic heterocycles. The van der Waals surface area contributed by atoms with E-state index in [4.69, 9.17) is 5.11 Å². The number of amides is 2. The third-order valence-electron chi connectivity index (χ3n) is 6.04. The minimum Gasteiger partial charge on any atom is -0.481 e. The molecule has 0 aliphatic carbocycles. The predicted octanol–water partition coefficient (Wildman–Crippen LogP) is 8.16. The topological polar surface area (TPSA) is 69.6 Å². The normalized spacial score (nSPS) is 11.2. The zero-order valence-electron chi connectivity index (χ0n) is 21.4. The molecule has 2 N–H and O–H groups in total. The van der Waals surface area contributed by atoms with Gasteiger partial charge >= 0.3 is 18.2 Å². The van der Waals surface area contributed by atoms with Gasteiger partial charge in [-0.25, -0.2) is 4.79 Å². The standard InChI is InChI=1S/C31H27F3N2O3S/c32-31(33,34)24-13-15-25(16-14-24)35-30(39)36(19-5-8-22-6-2-1-3-7-22)26-9-4-10-28(21-26)40-27-17-11-23(12-18-27)20-29(37)38/h1-4,6-7,9-18,21H,5,8,19-20H2,(H,35,39)(H,37,38). The maximum absolute atomic E-state index is 13.4. The van der Waals surface area contributed by atoms with Crippen LogP contribution in [0.2, 0.25) is 0 Å². The zero-order chi connectivity index (χ0) is 28.5. The first-order chi connectivity index (χ1) is 19.2. The van der Waals surface area contributed by atoms with E-state index in [2.05, 4.69) is 5.32 Å². The van der Waals surface area contributed by atoms with E-state index in [1.54, 1.807) is 17.0 Å². The van der Waals surface area contributed by atoms with Gasteiger partial charge in [0.25, 0.3) is 0 Å². The molecule has 0 aliphatic heterocycles. The Labute approximate surface area is 234 Å². The van der Waals surface area contributed by atoms with Gasteiger partial charge in [-0.1, -0.05) is 60.3 Å². The molecule has 206 valence electrons. The maximum Gasteiger partial charge on any atom is 0.416 e. The van der Waals surface area contributed by atoms with Crippen LogP contribution in [0.15, 0.2) is 113 Å². The fraction of sp³-hybridized carbons (Fsp3) is 0.161. The first kappa shape index (κ1) is 28.8. The van der Waals surface area contributed by atoms with Crippen molar-refractivity contribution in [1.29, 1.82) is 0 Å². The van der Waals surface area contributed by atoms with Gasteiger partial charge in [-0.3, -0.25) is 9.69 Å². The number of alkyl halides is 3. The van der Waals surface area contributed by atoms with Crippen molar-refractivity contribution in [3.05, 3.63) is 120 Å². The molecule has 0 atom stereocenters. The number of urea groups is 1. The van der Waals surface area contributed by atoms with Gasteiger partial charge < -0.3 is 10.4 Å². The number of anilines is 2. The molecule has 0 aliphatic rings. The van der Waals surface area contributed by atoms with Crippen molar-refractivity contribution in [2.24, 2.45) is 0 Å². The van der Waals surface area contributed by atoms with Crippen LogP contribution in [0.3, 0.4) is 0 Å². The molecule has 4 rings (SSSR count). The summed E-state index contributed by atoms with van der Waals surface area (Å²) in [6.45, 7) is 0.388. The van der Waals surface area contributed by atoms with Crippen molar-refractivity contribution >= 4 is 35.1 Å². The molecule has 0 spiro atoms. The highest BCUT2D eigenvalue weighted by molar-refractivity contribution is 7.99. The van der Waals surface area contributed by atoms with Crippen molar-refractivity contribution in [2.45, 2.75) is 35.2 Å². The number of aliphatic carboxylic acids is 1. The highest BCUT2D eigenvalue weighted by Gasteiger charge is 2.30. The third kappa shape index (κ3) is 8.38. The van der Waals surface area contributed by atoms with Gasteiger partial charge in [0.05, 0.1) is 12.0 Å². The highest BCUT2D eigenvalue weighted by atomic mass is 32.2. The van der Waals surface area contributed by atoms with Crippen molar-refractivity contribution in [3.63, 3.8) is 0 Å². The highest BCUT2D eigenvalue weighted by Crippen LogP contribution is 2.32. The van der Waals surface area contributed by atoms with Crippen molar-refractivity contribution in [2.75, 3.05) is 16.8 Å². The van der Waals surface area contributed by atoms with Crippen LogP contribution in [0.5, 0.6) is 0 Å². The Kier molecular flexibility index (Phi) is 9.50. The molecular formula is C31H27F3N2O3S. The summed E-state index contributed by atoms with van der Waals surface area (Å²) in [4.78, 5) is 27.7. The summed E-state index contributed by atoms with van der Waals surface area (Å²) in [5, 5.41) is 11.7. The second-order valence-corrected chi connectivity index (χ2v) is 10.2. The SMILES string of the molecule is O=C(O)Cc1ccc(Sc2cccc(N(CCCc3ccccc3)C(=O)Nc3ccc(C(F)(F)F)cc3)c2)cc1. The smallest absolute Gasteiger partial charge is 0.416 e. The van der Waals surface area contributed by atoms with Gasteiger partial charge in [-0.15, -0.1) is 0 Å². The number of rotatable bonds is 10. The van der Waals surface area contributed by atoms with Gasteiger partial charge in [0, 0.05) is 27.7 Å². The lowest BCUT2D eigenvalue weighted by atomic mass is 10.1. The number of hydrogen-bond donors (Lipinski definition) is 2. The Balaban J connectivity index is 1.51. The van der Waals surface area contributed by atoms with E-state index in [-0.39, 0.29) is 12.1 Å². The first-order valence-electron chi connectivity index (χ1n) is 12.6. The second kappa shape index (κ2) is 13.2. The summed E-state index contributed by atoms with van der Waals surface area (Å²) in [6.07, 6.45) is -3.08. The quantitative estimate of drug-likeness (QED) is 0.204. The summed E-state index contributed by atoms with van der Waals surface area (Å²) in [7, 11) is 0. The molecule has 0 heterocycles. The Morgan fingerprint density at radius 1 is 0.800 bits per heavy atom. The van der Waals surface area contributed by atoms with Crippen LogP contribution in [-0.4, -0.2) is 23.7 Å². The summed E-state index contributed by atoms with van der Waals surface area (Å²) in [5.74, 6) is -0.893. The number of carboxylic acid groups (broad SMARTS) is 1. The lowest BCUT2D eigenvalue weighted by Crippen LogP contribution is -2.36. The molecule has 9 heteroatoms. The van der Waals surface area contributed by atoms with E-state index < -0.39 is 23.7 Å². The van der Waals surface area contributed by atoms with Crippen molar-refractivity contribution < 1.29 is 27.9 Å². The van der Waals surface area contributed by atoms with Gasteiger partial charge in [0.1, 0.15) is 0 Å². The van der Waals surface area contributed by atoms with Gasteiger partial charge in [-0.2, -0.15) is 13.2 Å². The Morgan fingerprint density at radius 2 is 1.50 bits per heavy atom.